The lowest BCUT2D eigenvalue weighted by molar-refractivity contribution is -0.118. The number of amides is 4. The van der Waals surface area contributed by atoms with Gasteiger partial charge in [-0.05, 0) is 95.3 Å². The predicted molar refractivity (Wildman–Crippen MR) is 191 cm³/mol. The van der Waals surface area contributed by atoms with Crippen molar-refractivity contribution >= 4 is 35.6 Å². The summed E-state index contributed by atoms with van der Waals surface area (Å²) in [7, 11) is 4.18. The minimum atomic E-state index is -1.03. The van der Waals surface area contributed by atoms with Gasteiger partial charge in [0, 0.05) is 18.3 Å². The quantitative estimate of drug-likeness (QED) is 0.0616. The van der Waals surface area contributed by atoms with Crippen LogP contribution in [-0.2, 0) is 9.59 Å². The van der Waals surface area contributed by atoms with Crippen LogP contribution in [0.5, 0.6) is 17.2 Å². The normalized spacial score (nSPS) is 11.9. The summed E-state index contributed by atoms with van der Waals surface area (Å²) in [6, 6.07) is 5.57. The van der Waals surface area contributed by atoms with Crippen molar-refractivity contribution in [3.63, 3.8) is 0 Å². The van der Waals surface area contributed by atoms with Crippen molar-refractivity contribution in [1.82, 2.24) is 16.0 Å². The van der Waals surface area contributed by atoms with Gasteiger partial charge in [-0.25, -0.2) is 0 Å². The Labute approximate surface area is 293 Å². The summed E-state index contributed by atoms with van der Waals surface area (Å²) < 4.78 is 16.2. The van der Waals surface area contributed by atoms with Gasteiger partial charge < -0.3 is 57.5 Å². The van der Waals surface area contributed by atoms with E-state index in [9.17, 15) is 24.0 Å². The second-order valence-corrected chi connectivity index (χ2v) is 11.6. The molecule has 2 atom stereocenters. The zero-order chi connectivity index (χ0) is 36.9. The minimum absolute atomic E-state index is 0.0257. The lowest BCUT2D eigenvalue weighted by Crippen LogP contribution is -2.44. The third-order valence-electron chi connectivity index (χ3n) is 7.91. The van der Waals surface area contributed by atoms with Gasteiger partial charge in [0.05, 0.1) is 44.1 Å². The molecule has 0 bridgehead atoms. The zero-order valence-electron chi connectivity index (χ0n) is 29.3. The molecule has 0 fully saturated rings. The van der Waals surface area contributed by atoms with Gasteiger partial charge in [-0.2, -0.15) is 0 Å². The highest BCUT2D eigenvalue weighted by Crippen LogP contribution is 2.30. The lowest BCUT2D eigenvalue weighted by Gasteiger charge is -2.21. The van der Waals surface area contributed by atoms with Gasteiger partial charge >= 0.3 is 0 Å². The molecule has 0 aliphatic carbocycles. The molecule has 0 spiro atoms. The van der Waals surface area contributed by atoms with Crippen LogP contribution in [0.2, 0.25) is 0 Å². The van der Waals surface area contributed by atoms with Crippen molar-refractivity contribution in [3.05, 3.63) is 47.0 Å². The van der Waals surface area contributed by atoms with Gasteiger partial charge in [-0.15, -0.1) is 0 Å². The molecule has 276 valence electrons. The van der Waals surface area contributed by atoms with Gasteiger partial charge in [0.1, 0.15) is 29.6 Å². The molecule has 2 unspecified atom stereocenters. The Morgan fingerprint density at radius 2 is 1.22 bits per heavy atom. The van der Waals surface area contributed by atoms with E-state index in [1.807, 2.05) is 0 Å². The molecule has 0 radical (unpaired) electrons. The fourth-order valence-corrected chi connectivity index (χ4v) is 5.12. The molecule has 2 aromatic carbocycles. The molecule has 15 nitrogen and oxygen atoms in total. The summed E-state index contributed by atoms with van der Waals surface area (Å²) >= 11 is 0. The summed E-state index contributed by atoms with van der Waals surface area (Å²) in [6.45, 7) is 1.86. The highest BCUT2D eigenvalue weighted by atomic mass is 16.5. The molecule has 2 rings (SSSR count). The SMILES string of the molecule is COc1cc(OC)c(C(=O)NC(CCCCN)C(=O)Nc2ccc(OC)c(C(=O)NC(C=O)CCCCN)c2)cc1C(=O)NCCCCCN. The average Bonchev–Trinajstić information content (AvgIpc) is 3.13. The Bertz CT molecular complexity index is 1420. The van der Waals surface area contributed by atoms with Crippen molar-refractivity contribution in [3.8, 4) is 17.2 Å². The number of hydrogen-bond acceptors (Lipinski definition) is 11. The number of carbonyl (C=O) groups excluding carboxylic acids is 5. The molecule has 10 N–H and O–H groups in total. The number of nitrogens with two attached hydrogens (primary N) is 3. The number of benzene rings is 2. The highest BCUT2D eigenvalue weighted by Gasteiger charge is 2.26. The molecule has 0 aromatic heterocycles. The van der Waals surface area contributed by atoms with Crippen molar-refractivity contribution < 1.29 is 38.2 Å². The van der Waals surface area contributed by atoms with E-state index in [0.717, 1.165) is 19.3 Å². The molecule has 4 amide bonds. The van der Waals surface area contributed by atoms with Crippen LogP contribution in [-0.4, -0.2) is 89.5 Å². The van der Waals surface area contributed by atoms with Crippen LogP contribution in [0, 0.1) is 0 Å². The number of carbonyl (C=O) groups is 5. The maximum absolute atomic E-state index is 13.7. The molecule has 0 aliphatic heterocycles. The summed E-state index contributed by atoms with van der Waals surface area (Å²) in [4.78, 5) is 65.1. The average molecular weight is 700 g/mol. The first-order chi connectivity index (χ1) is 24.2. The third-order valence-corrected chi connectivity index (χ3v) is 7.91. The van der Waals surface area contributed by atoms with E-state index in [4.69, 9.17) is 31.4 Å². The summed E-state index contributed by atoms with van der Waals surface area (Å²) in [5.41, 5.74) is 17.3. The summed E-state index contributed by atoms with van der Waals surface area (Å²) in [5.74, 6) is -1.61. The van der Waals surface area contributed by atoms with Crippen LogP contribution >= 0.6 is 0 Å². The molecule has 2 aromatic rings. The van der Waals surface area contributed by atoms with Crippen LogP contribution in [0.1, 0.15) is 88.9 Å². The number of unbranched alkanes of at least 4 members (excludes halogenated alkanes) is 4. The molecular weight excluding hydrogens is 646 g/mol. The van der Waals surface area contributed by atoms with Gasteiger partial charge in [0.25, 0.3) is 17.7 Å². The van der Waals surface area contributed by atoms with Crippen LogP contribution in [0.3, 0.4) is 0 Å². The Balaban J connectivity index is 2.32. The van der Waals surface area contributed by atoms with E-state index >= 15 is 0 Å². The molecule has 0 heterocycles. The van der Waals surface area contributed by atoms with E-state index in [2.05, 4.69) is 21.3 Å². The molecular formula is C35H53N7O8. The largest absolute Gasteiger partial charge is 0.496 e. The number of aldehydes is 1. The Morgan fingerprint density at radius 3 is 1.82 bits per heavy atom. The fourth-order valence-electron chi connectivity index (χ4n) is 5.12. The topological polar surface area (TPSA) is 239 Å². The standard InChI is InChI=1S/C35H53N7O8/c1-48-29-14-13-23(19-25(29)33(45)41-24(22-43)11-5-8-16-37)40-35(47)28(12-6-9-17-38)42-34(46)27-20-26(30(49-2)21-31(27)50-3)32(44)39-18-10-4-7-15-36/h13-14,19-22,24,28H,4-12,15-18,36-38H2,1-3H3,(H,39,44)(H,40,47)(H,41,45)(H,42,46). The van der Waals surface area contributed by atoms with E-state index in [1.165, 1.54) is 45.6 Å². The van der Waals surface area contributed by atoms with Crippen molar-refractivity contribution in [2.45, 2.75) is 69.9 Å². The molecule has 0 saturated carbocycles. The second-order valence-electron chi connectivity index (χ2n) is 11.6. The zero-order valence-corrected chi connectivity index (χ0v) is 29.3. The second kappa shape index (κ2) is 22.8. The number of rotatable bonds is 24. The Kier molecular flexibility index (Phi) is 18.9. The number of methoxy groups -OCH3 is 3. The van der Waals surface area contributed by atoms with E-state index in [0.29, 0.717) is 64.6 Å². The van der Waals surface area contributed by atoms with E-state index in [1.54, 1.807) is 6.07 Å². The summed E-state index contributed by atoms with van der Waals surface area (Å²) in [5, 5.41) is 11.1. The first-order valence-corrected chi connectivity index (χ1v) is 16.9. The third kappa shape index (κ3) is 12.9. The Morgan fingerprint density at radius 1 is 0.660 bits per heavy atom. The maximum Gasteiger partial charge on any atom is 0.255 e. The maximum atomic E-state index is 13.7. The molecule has 0 aliphatic rings. The van der Waals surface area contributed by atoms with Crippen LogP contribution < -0.4 is 52.7 Å². The highest BCUT2D eigenvalue weighted by molar-refractivity contribution is 6.06. The van der Waals surface area contributed by atoms with Gasteiger partial charge in [0.15, 0.2) is 0 Å². The fraction of sp³-hybridized carbons (Fsp3) is 0.514. The molecule has 15 heteroatoms. The van der Waals surface area contributed by atoms with Gasteiger partial charge in [-0.3, -0.25) is 19.2 Å². The first kappa shape index (κ1) is 41.4. The smallest absolute Gasteiger partial charge is 0.255 e. The predicted octanol–water partition coefficient (Wildman–Crippen LogP) is 1.86. The van der Waals surface area contributed by atoms with Gasteiger partial charge in [-0.1, -0.05) is 6.42 Å². The van der Waals surface area contributed by atoms with Crippen LogP contribution in [0.25, 0.3) is 0 Å². The molecule has 50 heavy (non-hydrogen) atoms. The van der Waals surface area contributed by atoms with Gasteiger partial charge in [0.2, 0.25) is 5.91 Å². The summed E-state index contributed by atoms with van der Waals surface area (Å²) in [6.07, 6.45) is 6.30. The number of hydrogen-bond donors (Lipinski definition) is 7. The monoisotopic (exact) mass is 699 g/mol. The first-order valence-electron chi connectivity index (χ1n) is 16.9. The van der Waals surface area contributed by atoms with Crippen molar-refractivity contribution in [2.75, 3.05) is 52.8 Å². The number of nitrogens with one attached hydrogen (secondary N) is 4. The lowest BCUT2D eigenvalue weighted by atomic mass is 10.0. The van der Waals surface area contributed by atoms with Crippen LogP contribution in [0.4, 0.5) is 5.69 Å². The van der Waals surface area contributed by atoms with Crippen molar-refractivity contribution in [2.24, 2.45) is 17.2 Å². The molecule has 0 saturated heterocycles. The van der Waals surface area contributed by atoms with E-state index < -0.39 is 35.7 Å². The van der Waals surface area contributed by atoms with Crippen molar-refractivity contribution in [1.29, 1.82) is 0 Å². The number of anilines is 1. The Hall–Kier alpha value is -4.73. The van der Waals surface area contributed by atoms with E-state index in [-0.39, 0.29) is 46.0 Å². The minimum Gasteiger partial charge on any atom is -0.496 e. The van der Waals surface area contributed by atoms with Crippen LogP contribution in [0.15, 0.2) is 30.3 Å². The number of ether oxygens (including phenoxy) is 3.